The number of aliphatic imine (C=N–C) groups is 1. The van der Waals surface area contributed by atoms with E-state index in [0.717, 1.165) is 17.0 Å². The van der Waals surface area contributed by atoms with Crippen molar-refractivity contribution in [1.82, 2.24) is 0 Å². The van der Waals surface area contributed by atoms with E-state index in [2.05, 4.69) is 38.6 Å². The minimum atomic E-state index is 0.701. The van der Waals surface area contributed by atoms with E-state index in [4.69, 9.17) is 4.99 Å². The van der Waals surface area contributed by atoms with Gasteiger partial charge in [0.05, 0.1) is 5.70 Å². The normalized spacial score (nSPS) is 19.7. The first-order valence-electron chi connectivity index (χ1n) is 7.53. The van der Waals surface area contributed by atoms with Crippen molar-refractivity contribution in [2.45, 2.75) is 52.9 Å². The van der Waals surface area contributed by atoms with E-state index in [1.807, 2.05) is 19.9 Å². The molecule has 1 aromatic carbocycles. The fraction of sp³-hybridized carbons (Fsp3) is 0.421. The Morgan fingerprint density at radius 3 is 2.75 bits per heavy atom. The lowest BCUT2D eigenvalue weighted by Gasteiger charge is -2.22. The molecule has 20 heavy (non-hydrogen) atoms. The minimum absolute atomic E-state index is 0.701. The number of hydrogen-bond acceptors (Lipinski definition) is 1. The number of fused-ring (bicyclic) bond motifs is 1. The quantitative estimate of drug-likeness (QED) is 0.512. The van der Waals surface area contributed by atoms with Crippen molar-refractivity contribution in [2.75, 3.05) is 0 Å². The van der Waals surface area contributed by atoms with Crippen LogP contribution >= 0.6 is 0 Å². The van der Waals surface area contributed by atoms with Crippen LogP contribution in [-0.2, 0) is 6.42 Å². The number of allylic oxidation sites excluding steroid dienone is 2. The van der Waals surface area contributed by atoms with Crippen LogP contribution in [0.25, 0.3) is 0 Å². The van der Waals surface area contributed by atoms with Gasteiger partial charge in [0, 0.05) is 5.71 Å². The van der Waals surface area contributed by atoms with Crippen molar-refractivity contribution in [2.24, 2.45) is 4.99 Å². The van der Waals surface area contributed by atoms with E-state index in [1.54, 1.807) is 0 Å². The molecule has 0 heterocycles. The summed E-state index contributed by atoms with van der Waals surface area (Å²) in [6.45, 7) is 12.4. The van der Waals surface area contributed by atoms with Crippen LogP contribution in [0.5, 0.6) is 0 Å². The monoisotopic (exact) mass is 267 g/mol. The van der Waals surface area contributed by atoms with Gasteiger partial charge in [-0.3, -0.25) is 4.99 Å². The maximum absolute atomic E-state index is 4.71. The van der Waals surface area contributed by atoms with Crippen LogP contribution < -0.4 is 0 Å². The lowest BCUT2D eigenvalue weighted by molar-refractivity contribution is 0.590. The molecule has 0 bridgehead atoms. The Morgan fingerprint density at radius 2 is 2.10 bits per heavy atom. The lowest BCUT2D eigenvalue weighted by Crippen LogP contribution is -2.08. The summed E-state index contributed by atoms with van der Waals surface area (Å²) in [5, 5.41) is 0. The van der Waals surface area contributed by atoms with Crippen molar-refractivity contribution < 1.29 is 0 Å². The largest absolute Gasteiger partial charge is 0.253 e. The van der Waals surface area contributed by atoms with Gasteiger partial charge in [-0.15, -0.1) is 0 Å². The van der Waals surface area contributed by atoms with Crippen LogP contribution in [0, 0.1) is 0 Å². The molecule has 1 heteroatoms. The third-order valence-corrected chi connectivity index (χ3v) is 4.17. The highest BCUT2D eigenvalue weighted by Crippen LogP contribution is 2.31. The van der Waals surface area contributed by atoms with Crippen LogP contribution in [-0.4, -0.2) is 5.71 Å². The van der Waals surface area contributed by atoms with Gasteiger partial charge in [0.25, 0.3) is 0 Å². The summed E-state index contributed by atoms with van der Waals surface area (Å²) in [6.07, 6.45) is 5.85. The van der Waals surface area contributed by atoms with Gasteiger partial charge in [-0.2, -0.15) is 0 Å². The number of benzene rings is 1. The smallest absolute Gasteiger partial charge is 0.0613 e. The fourth-order valence-electron chi connectivity index (χ4n) is 2.93. The van der Waals surface area contributed by atoms with Crippen molar-refractivity contribution in [3.8, 4) is 0 Å². The highest BCUT2D eigenvalue weighted by Gasteiger charge is 2.16. The Kier molecular flexibility index (Phi) is 4.59. The summed E-state index contributed by atoms with van der Waals surface area (Å²) in [4.78, 5) is 4.71. The van der Waals surface area contributed by atoms with Gasteiger partial charge in [-0.25, -0.2) is 0 Å². The summed E-state index contributed by atoms with van der Waals surface area (Å²) in [5.41, 5.74) is 7.33. The molecule has 0 fully saturated rings. The van der Waals surface area contributed by atoms with Crippen molar-refractivity contribution in [1.29, 1.82) is 0 Å². The zero-order valence-electron chi connectivity index (χ0n) is 13.2. The number of rotatable bonds is 3. The Morgan fingerprint density at radius 1 is 1.35 bits per heavy atom. The van der Waals surface area contributed by atoms with E-state index in [9.17, 15) is 0 Å². The zero-order valence-corrected chi connectivity index (χ0v) is 13.2. The summed E-state index contributed by atoms with van der Waals surface area (Å²) < 4.78 is 0. The SMILES string of the molecule is C=C(C)C(=C/C)/N=C(\C)c1ccc2c(c1)CCCC2C. The van der Waals surface area contributed by atoms with Crippen LogP contribution in [0.4, 0.5) is 0 Å². The number of hydrogen-bond donors (Lipinski definition) is 0. The summed E-state index contributed by atoms with van der Waals surface area (Å²) in [6, 6.07) is 6.84. The molecule has 1 unspecified atom stereocenters. The van der Waals surface area contributed by atoms with Crippen molar-refractivity contribution in [3.05, 3.63) is 58.8 Å². The number of aryl methyl sites for hydroxylation is 1. The molecule has 0 spiro atoms. The minimum Gasteiger partial charge on any atom is -0.253 e. The fourth-order valence-corrected chi connectivity index (χ4v) is 2.93. The molecule has 2 rings (SSSR count). The molecule has 0 saturated heterocycles. The predicted octanol–water partition coefficient (Wildman–Crippen LogP) is 5.42. The van der Waals surface area contributed by atoms with Crippen LogP contribution in [0.2, 0.25) is 0 Å². The van der Waals surface area contributed by atoms with Crippen molar-refractivity contribution in [3.63, 3.8) is 0 Å². The van der Waals surface area contributed by atoms with Gasteiger partial charge < -0.3 is 0 Å². The third kappa shape index (κ3) is 3.09. The molecule has 0 saturated carbocycles. The molecule has 0 radical (unpaired) electrons. The van der Waals surface area contributed by atoms with Gasteiger partial charge in [-0.05, 0) is 74.3 Å². The Bertz CT molecular complexity index is 575. The molecule has 1 aromatic rings. The third-order valence-electron chi connectivity index (χ3n) is 4.17. The van der Waals surface area contributed by atoms with Crippen LogP contribution in [0.3, 0.4) is 0 Å². The maximum Gasteiger partial charge on any atom is 0.0613 e. The van der Waals surface area contributed by atoms with E-state index < -0.39 is 0 Å². The first kappa shape index (κ1) is 14.8. The van der Waals surface area contributed by atoms with Crippen LogP contribution in [0.15, 0.2) is 47.1 Å². The summed E-state index contributed by atoms with van der Waals surface area (Å²) >= 11 is 0. The van der Waals surface area contributed by atoms with Crippen molar-refractivity contribution >= 4 is 5.71 Å². The summed E-state index contributed by atoms with van der Waals surface area (Å²) in [5.74, 6) is 0.701. The average molecular weight is 267 g/mol. The number of nitrogens with zero attached hydrogens (tertiary/aromatic N) is 1. The Hall–Kier alpha value is -1.63. The molecule has 1 nitrogen and oxygen atoms in total. The molecular formula is C19H25N. The second-order valence-corrected chi connectivity index (χ2v) is 5.86. The highest BCUT2D eigenvalue weighted by molar-refractivity contribution is 5.99. The predicted molar refractivity (Wildman–Crippen MR) is 88.6 cm³/mol. The van der Waals surface area contributed by atoms with E-state index >= 15 is 0 Å². The first-order valence-corrected chi connectivity index (χ1v) is 7.53. The molecule has 0 aromatic heterocycles. The lowest BCUT2D eigenvalue weighted by atomic mass is 9.83. The molecule has 0 amide bonds. The van der Waals surface area contributed by atoms with Gasteiger partial charge in [-0.1, -0.05) is 31.7 Å². The second kappa shape index (κ2) is 6.21. The molecule has 1 atom stereocenters. The average Bonchev–Trinajstić information content (AvgIpc) is 2.44. The summed E-state index contributed by atoms with van der Waals surface area (Å²) in [7, 11) is 0. The molecular weight excluding hydrogens is 242 g/mol. The Labute approximate surface area is 123 Å². The molecule has 1 aliphatic carbocycles. The molecule has 106 valence electrons. The molecule has 0 N–H and O–H groups in total. The van der Waals surface area contributed by atoms with E-state index in [-0.39, 0.29) is 0 Å². The second-order valence-electron chi connectivity index (χ2n) is 5.86. The maximum atomic E-state index is 4.71. The van der Waals surface area contributed by atoms with Gasteiger partial charge in [0.2, 0.25) is 0 Å². The van der Waals surface area contributed by atoms with Crippen LogP contribution in [0.1, 0.15) is 63.1 Å². The Balaban J connectivity index is 2.34. The zero-order chi connectivity index (χ0) is 14.7. The van der Waals surface area contributed by atoms with Gasteiger partial charge in [0.15, 0.2) is 0 Å². The topological polar surface area (TPSA) is 12.4 Å². The highest BCUT2D eigenvalue weighted by atomic mass is 14.8. The van der Waals surface area contributed by atoms with Gasteiger partial charge >= 0.3 is 0 Å². The standard InChI is InChI=1S/C19H25N/c1-6-19(13(2)3)20-15(5)16-10-11-18-14(4)8-7-9-17(18)12-16/h6,10-12,14H,2,7-9H2,1,3-5H3/b19-6-,20-15+. The van der Waals surface area contributed by atoms with Gasteiger partial charge in [0.1, 0.15) is 0 Å². The first-order chi connectivity index (χ1) is 9.52. The molecule has 0 aliphatic heterocycles. The van der Waals surface area contributed by atoms with E-state index in [0.29, 0.717) is 5.92 Å². The molecule has 1 aliphatic rings. The van der Waals surface area contributed by atoms with E-state index in [1.165, 1.54) is 36.0 Å².